The Hall–Kier alpha value is -4.68. The fourth-order valence-electron chi connectivity index (χ4n) is 4.30. The first-order chi connectivity index (χ1) is 19.5. The highest BCUT2D eigenvalue weighted by Crippen LogP contribution is 2.28. The molecule has 0 aliphatic carbocycles. The maximum Gasteiger partial charge on any atom is 0.267 e. The Morgan fingerprint density at radius 1 is 1.05 bits per heavy atom. The number of nitrogens with zero attached hydrogens (tertiary/aromatic N) is 6. The van der Waals surface area contributed by atoms with Gasteiger partial charge in [0, 0.05) is 24.3 Å². The second-order valence-corrected chi connectivity index (χ2v) is 11.2. The van der Waals surface area contributed by atoms with E-state index in [0.717, 1.165) is 22.4 Å². The number of aromatic nitrogens is 6. The van der Waals surface area contributed by atoms with Gasteiger partial charge >= 0.3 is 0 Å². The van der Waals surface area contributed by atoms with E-state index in [-0.39, 0.29) is 28.5 Å². The number of fused-ring (bicyclic) bond motifs is 2. The molecule has 10 nitrogen and oxygen atoms in total. The van der Waals surface area contributed by atoms with Gasteiger partial charge in [-0.15, -0.1) is 10.2 Å². The zero-order valence-corrected chi connectivity index (χ0v) is 22.9. The van der Waals surface area contributed by atoms with Crippen molar-refractivity contribution < 1.29 is 4.79 Å². The summed E-state index contributed by atoms with van der Waals surface area (Å²) in [6.45, 7) is 2.08. The van der Waals surface area contributed by atoms with Crippen LogP contribution in [0.1, 0.15) is 27.0 Å². The molecule has 0 bridgehead atoms. The van der Waals surface area contributed by atoms with Gasteiger partial charge in [-0.3, -0.25) is 29.7 Å². The monoisotopic (exact) mass is 566 g/mol. The van der Waals surface area contributed by atoms with Crippen molar-refractivity contribution in [2.45, 2.75) is 23.6 Å². The maximum atomic E-state index is 13.6. The number of anilines is 1. The summed E-state index contributed by atoms with van der Waals surface area (Å²) in [5, 5.41) is 20.5. The van der Waals surface area contributed by atoms with Gasteiger partial charge in [-0.1, -0.05) is 65.6 Å². The smallest absolute Gasteiger partial charge is 0.267 e. The lowest BCUT2D eigenvalue weighted by molar-refractivity contribution is 0.102. The molecule has 0 aliphatic heterocycles. The summed E-state index contributed by atoms with van der Waals surface area (Å²) in [6, 6.07) is 18.7. The van der Waals surface area contributed by atoms with Gasteiger partial charge in [0.2, 0.25) is 5.13 Å². The molecule has 0 radical (unpaired) electrons. The predicted molar refractivity (Wildman–Crippen MR) is 155 cm³/mol. The lowest BCUT2D eigenvalue weighted by Gasteiger charge is -2.15. The van der Waals surface area contributed by atoms with Crippen molar-refractivity contribution in [1.82, 2.24) is 29.1 Å². The molecule has 1 amide bonds. The molecular weight excluding hydrogens is 544 g/mol. The minimum Gasteiger partial charge on any atom is -0.306 e. The van der Waals surface area contributed by atoms with Crippen LogP contribution < -0.4 is 16.4 Å². The SMILES string of the molecule is Cc1cccn2c(=O)c3cc(C(=O)Nc4nnc(SCc5ccccc5)s4)c(=N)n(Cc4cccnc4)c3nc12. The summed E-state index contributed by atoms with van der Waals surface area (Å²) >= 11 is 2.78. The number of carbonyl (C=O) groups excluding carboxylic acids is 1. The number of hydrogen-bond acceptors (Lipinski definition) is 9. The lowest BCUT2D eigenvalue weighted by atomic mass is 10.1. The van der Waals surface area contributed by atoms with Crippen LogP contribution in [-0.2, 0) is 12.3 Å². The zero-order chi connectivity index (χ0) is 27.6. The van der Waals surface area contributed by atoms with E-state index in [2.05, 4.69) is 20.5 Å². The molecule has 5 heterocycles. The van der Waals surface area contributed by atoms with Crippen molar-refractivity contribution in [3.05, 3.63) is 117 Å². The van der Waals surface area contributed by atoms with Gasteiger partial charge in [-0.25, -0.2) is 4.98 Å². The molecule has 0 saturated carbocycles. The van der Waals surface area contributed by atoms with Crippen LogP contribution in [0.2, 0.25) is 0 Å². The fourth-order valence-corrected chi connectivity index (χ4v) is 6.00. The fraction of sp³-hybridized carbons (Fsp3) is 0.107. The van der Waals surface area contributed by atoms with Crippen molar-refractivity contribution in [3.8, 4) is 0 Å². The van der Waals surface area contributed by atoms with Crippen LogP contribution in [0.3, 0.4) is 0 Å². The summed E-state index contributed by atoms with van der Waals surface area (Å²) in [4.78, 5) is 35.9. The number of pyridine rings is 3. The second-order valence-electron chi connectivity index (χ2n) is 8.99. The summed E-state index contributed by atoms with van der Waals surface area (Å²) in [6.07, 6.45) is 4.99. The molecule has 0 atom stereocenters. The van der Waals surface area contributed by atoms with E-state index in [4.69, 9.17) is 10.4 Å². The molecule has 0 aliphatic rings. The van der Waals surface area contributed by atoms with E-state index in [9.17, 15) is 9.59 Å². The minimum absolute atomic E-state index is 0.0246. The summed E-state index contributed by atoms with van der Waals surface area (Å²) in [5.74, 6) is 0.167. The summed E-state index contributed by atoms with van der Waals surface area (Å²) in [7, 11) is 0. The summed E-state index contributed by atoms with van der Waals surface area (Å²) in [5.41, 5.74) is 3.21. The Labute approximate surface area is 235 Å². The third-order valence-electron chi connectivity index (χ3n) is 6.27. The van der Waals surface area contributed by atoms with Crippen molar-refractivity contribution in [2.75, 3.05) is 5.32 Å². The first kappa shape index (κ1) is 25.6. The molecule has 12 heteroatoms. The average molecular weight is 567 g/mol. The first-order valence-corrected chi connectivity index (χ1v) is 14.1. The van der Waals surface area contributed by atoms with Crippen LogP contribution in [0.4, 0.5) is 5.13 Å². The molecule has 0 spiro atoms. The molecular formula is C28H22N8O2S2. The topological polar surface area (TPSA) is 131 Å². The zero-order valence-electron chi connectivity index (χ0n) is 21.2. The van der Waals surface area contributed by atoms with Crippen LogP contribution >= 0.6 is 23.1 Å². The minimum atomic E-state index is -0.559. The van der Waals surface area contributed by atoms with Crippen molar-refractivity contribution in [1.29, 1.82) is 5.41 Å². The van der Waals surface area contributed by atoms with Gasteiger partial charge in [-0.05, 0) is 41.8 Å². The molecule has 2 N–H and O–H groups in total. The Morgan fingerprint density at radius 3 is 2.67 bits per heavy atom. The van der Waals surface area contributed by atoms with Gasteiger partial charge in [-0.2, -0.15) is 0 Å². The molecule has 0 fully saturated rings. The van der Waals surface area contributed by atoms with E-state index in [0.29, 0.717) is 20.8 Å². The average Bonchev–Trinajstić information content (AvgIpc) is 3.42. The third-order valence-corrected chi connectivity index (χ3v) is 8.32. The highest BCUT2D eigenvalue weighted by Gasteiger charge is 2.20. The van der Waals surface area contributed by atoms with Gasteiger partial charge < -0.3 is 4.57 Å². The van der Waals surface area contributed by atoms with Crippen molar-refractivity contribution >= 4 is 50.8 Å². The molecule has 40 heavy (non-hydrogen) atoms. The number of amides is 1. The molecule has 6 aromatic rings. The number of aryl methyl sites for hydroxylation is 1. The standard InChI is InChI=1S/C28H22N8O2S2/c1-17-7-6-12-35-23(17)31-24-21(26(35)38)13-20(22(29)36(24)15-19-10-5-11-30-14-19)25(37)32-27-33-34-28(40-27)39-16-18-8-3-2-4-9-18/h2-14,29H,15-16H2,1H3,(H,32,33,37). The van der Waals surface area contributed by atoms with Gasteiger partial charge in [0.25, 0.3) is 11.5 Å². The van der Waals surface area contributed by atoms with Crippen LogP contribution in [0.25, 0.3) is 16.7 Å². The molecule has 0 saturated heterocycles. The number of rotatable bonds is 7. The van der Waals surface area contributed by atoms with Gasteiger partial charge in [0.05, 0.1) is 17.5 Å². The number of benzene rings is 1. The number of nitrogens with one attached hydrogen (secondary N) is 2. The van der Waals surface area contributed by atoms with Gasteiger partial charge in [0.15, 0.2) is 4.34 Å². The second kappa shape index (κ2) is 10.8. The first-order valence-electron chi connectivity index (χ1n) is 12.3. The maximum absolute atomic E-state index is 13.6. The normalized spacial score (nSPS) is 11.2. The quantitative estimate of drug-likeness (QED) is 0.168. The highest BCUT2D eigenvalue weighted by atomic mass is 32.2. The number of carbonyl (C=O) groups is 1. The van der Waals surface area contributed by atoms with Crippen LogP contribution in [0.15, 0.2) is 88.4 Å². The largest absolute Gasteiger partial charge is 0.306 e. The van der Waals surface area contributed by atoms with Crippen LogP contribution in [0.5, 0.6) is 0 Å². The van der Waals surface area contributed by atoms with E-state index >= 15 is 0 Å². The Balaban J connectivity index is 1.38. The van der Waals surface area contributed by atoms with E-state index in [1.54, 1.807) is 35.3 Å². The number of hydrogen-bond donors (Lipinski definition) is 2. The van der Waals surface area contributed by atoms with E-state index < -0.39 is 5.91 Å². The molecule has 1 aromatic carbocycles. The lowest BCUT2D eigenvalue weighted by Crippen LogP contribution is -2.32. The molecule has 6 rings (SSSR count). The Kier molecular flexibility index (Phi) is 6.93. The van der Waals surface area contributed by atoms with Crippen molar-refractivity contribution in [3.63, 3.8) is 0 Å². The number of thioether (sulfide) groups is 1. The van der Waals surface area contributed by atoms with Crippen LogP contribution in [-0.4, -0.2) is 35.0 Å². The molecule has 198 valence electrons. The Morgan fingerprint density at radius 2 is 1.88 bits per heavy atom. The van der Waals surface area contributed by atoms with Crippen LogP contribution in [0, 0.1) is 12.3 Å². The van der Waals surface area contributed by atoms with Gasteiger partial charge in [0.1, 0.15) is 16.8 Å². The summed E-state index contributed by atoms with van der Waals surface area (Å²) < 4.78 is 3.73. The predicted octanol–water partition coefficient (Wildman–Crippen LogP) is 4.28. The third kappa shape index (κ3) is 5.01. The van der Waals surface area contributed by atoms with E-state index in [1.165, 1.54) is 33.6 Å². The van der Waals surface area contributed by atoms with Crippen molar-refractivity contribution in [2.24, 2.45) is 0 Å². The Bertz CT molecular complexity index is 1990. The van der Waals surface area contributed by atoms with E-state index in [1.807, 2.05) is 49.4 Å². The molecule has 0 unspecified atom stereocenters. The molecule has 5 aromatic heterocycles. The highest BCUT2D eigenvalue weighted by molar-refractivity contribution is 8.00.